The van der Waals surface area contributed by atoms with Crippen LogP contribution >= 0.6 is 11.6 Å². The molecule has 60 valence electrons. The van der Waals surface area contributed by atoms with Crippen molar-refractivity contribution in [1.82, 2.24) is 0 Å². The van der Waals surface area contributed by atoms with Crippen LogP contribution in [0.2, 0.25) is 0 Å². The molecule has 0 N–H and O–H groups in total. The van der Waals surface area contributed by atoms with Crippen LogP contribution < -0.4 is 0 Å². The predicted molar refractivity (Wildman–Crippen MR) is 44.5 cm³/mol. The Morgan fingerprint density at radius 3 is 2.30 bits per heavy atom. The first kappa shape index (κ1) is 9.96. The molecule has 0 heterocycles. The fourth-order valence-corrected chi connectivity index (χ4v) is 0.985. The molecule has 0 aliphatic rings. The van der Waals surface area contributed by atoms with Crippen molar-refractivity contribution in [2.75, 3.05) is 0 Å². The van der Waals surface area contributed by atoms with Gasteiger partial charge in [0.2, 0.25) is 0 Å². The normalized spacial score (nSPS) is 11.6. The summed E-state index contributed by atoms with van der Waals surface area (Å²) >= 11 is 5.84. The van der Waals surface area contributed by atoms with Gasteiger partial charge in [-0.25, -0.2) is 0 Å². The van der Waals surface area contributed by atoms with Crippen LogP contribution in [0.4, 0.5) is 0 Å². The third kappa shape index (κ3) is 6.09. The average Bonchev–Trinajstić information content (AvgIpc) is 1.59. The fraction of sp³-hybridized carbons (Fsp3) is 0.875. The molecule has 0 aromatic rings. The molecule has 0 aliphatic carbocycles. The number of hydrogen-bond acceptors (Lipinski definition) is 1. The van der Waals surface area contributed by atoms with E-state index in [1.165, 1.54) is 0 Å². The highest BCUT2D eigenvalue weighted by molar-refractivity contribution is 6.24. The topological polar surface area (TPSA) is 17.1 Å². The lowest BCUT2D eigenvalue weighted by molar-refractivity contribution is -0.119. The Labute approximate surface area is 67.8 Å². The summed E-state index contributed by atoms with van der Waals surface area (Å²) < 4.78 is 0. The van der Waals surface area contributed by atoms with Crippen molar-refractivity contribution in [3.05, 3.63) is 0 Å². The molecular weight excluding hydrogens is 148 g/mol. The molecule has 0 aromatic heterocycles. The standard InChI is InChI=1S/C8H15ClO/c1-4-5-7(10)6-8(2,3)9/h4-6H2,1-3H3. The van der Waals surface area contributed by atoms with Gasteiger partial charge in [-0.2, -0.15) is 0 Å². The summed E-state index contributed by atoms with van der Waals surface area (Å²) in [5.41, 5.74) is 0. The lowest BCUT2D eigenvalue weighted by Gasteiger charge is -2.13. The van der Waals surface area contributed by atoms with E-state index in [1.54, 1.807) is 0 Å². The van der Waals surface area contributed by atoms with Crippen LogP contribution in [0.3, 0.4) is 0 Å². The van der Waals surface area contributed by atoms with Gasteiger partial charge in [-0.3, -0.25) is 4.79 Å². The van der Waals surface area contributed by atoms with Gasteiger partial charge >= 0.3 is 0 Å². The molecule has 0 atom stereocenters. The summed E-state index contributed by atoms with van der Waals surface area (Å²) in [5.74, 6) is 0.266. The van der Waals surface area contributed by atoms with Crippen molar-refractivity contribution < 1.29 is 4.79 Å². The number of halogens is 1. The highest BCUT2D eigenvalue weighted by Gasteiger charge is 2.17. The maximum absolute atomic E-state index is 11.0. The number of carbonyl (C=O) groups is 1. The molecule has 1 nitrogen and oxygen atoms in total. The van der Waals surface area contributed by atoms with E-state index >= 15 is 0 Å². The summed E-state index contributed by atoms with van der Waals surface area (Å²) in [7, 11) is 0. The number of alkyl halides is 1. The first-order chi connectivity index (χ1) is 4.45. The third-order valence-corrected chi connectivity index (χ3v) is 1.28. The van der Waals surface area contributed by atoms with E-state index in [1.807, 2.05) is 20.8 Å². The molecule has 0 bridgehead atoms. The molecule has 0 saturated carbocycles. The van der Waals surface area contributed by atoms with Crippen LogP contribution in [0, 0.1) is 0 Å². The Morgan fingerprint density at radius 1 is 1.50 bits per heavy atom. The van der Waals surface area contributed by atoms with Crippen LogP contribution in [0.1, 0.15) is 40.0 Å². The zero-order valence-corrected chi connectivity index (χ0v) is 7.66. The molecule has 0 aliphatic heterocycles. The van der Waals surface area contributed by atoms with Gasteiger partial charge in [0.05, 0.1) is 0 Å². The molecule has 0 amide bonds. The van der Waals surface area contributed by atoms with E-state index in [2.05, 4.69) is 0 Å². The van der Waals surface area contributed by atoms with Crippen molar-refractivity contribution in [2.45, 2.75) is 44.9 Å². The molecule has 10 heavy (non-hydrogen) atoms. The van der Waals surface area contributed by atoms with Crippen molar-refractivity contribution in [2.24, 2.45) is 0 Å². The van der Waals surface area contributed by atoms with Gasteiger partial charge in [-0.05, 0) is 20.3 Å². The van der Waals surface area contributed by atoms with Crippen molar-refractivity contribution in [3.63, 3.8) is 0 Å². The number of carbonyl (C=O) groups excluding carboxylic acids is 1. The Balaban J connectivity index is 3.58. The van der Waals surface area contributed by atoms with Crippen molar-refractivity contribution >= 4 is 17.4 Å². The monoisotopic (exact) mass is 162 g/mol. The van der Waals surface area contributed by atoms with Gasteiger partial charge in [0.25, 0.3) is 0 Å². The summed E-state index contributed by atoms with van der Waals surface area (Å²) in [4.78, 5) is 10.6. The first-order valence-corrected chi connectivity index (χ1v) is 4.04. The smallest absolute Gasteiger partial charge is 0.134 e. The molecule has 0 radical (unpaired) electrons. The second-order valence-electron chi connectivity index (χ2n) is 3.18. The molecular formula is C8H15ClO. The van der Waals surface area contributed by atoms with Crippen LogP contribution in [0.5, 0.6) is 0 Å². The second kappa shape index (κ2) is 3.97. The number of Topliss-reactive ketones (excluding diaryl/α,β-unsaturated/α-hetero) is 1. The maximum Gasteiger partial charge on any atom is 0.134 e. The molecule has 0 unspecified atom stereocenters. The van der Waals surface area contributed by atoms with Gasteiger partial charge in [0.15, 0.2) is 0 Å². The Hall–Kier alpha value is -0.0400. The fourth-order valence-electron chi connectivity index (χ4n) is 0.836. The number of rotatable bonds is 4. The quantitative estimate of drug-likeness (QED) is 0.581. The average molecular weight is 163 g/mol. The molecule has 0 aromatic carbocycles. The van der Waals surface area contributed by atoms with Gasteiger partial charge < -0.3 is 0 Å². The maximum atomic E-state index is 11.0. The summed E-state index contributed by atoms with van der Waals surface area (Å²) in [5, 5.41) is 0. The van der Waals surface area contributed by atoms with E-state index in [9.17, 15) is 4.79 Å². The van der Waals surface area contributed by atoms with Crippen LogP contribution in [0.15, 0.2) is 0 Å². The van der Waals surface area contributed by atoms with Crippen LogP contribution in [-0.4, -0.2) is 10.7 Å². The van der Waals surface area contributed by atoms with Crippen LogP contribution in [0.25, 0.3) is 0 Å². The Morgan fingerprint density at radius 2 is 2.00 bits per heavy atom. The number of hydrogen-bond donors (Lipinski definition) is 0. The first-order valence-electron chi connectivity index (χ1n) is 3.66. The van der Waals surface area contributed by atoms with E-state index in [0.29, 0.717) is 12.8 Å². The highest BCUT2D eigenvalue weighted by Crippen LogP contribution is 2.18. The highest BCUT2D eigenvalue weighted by atomic mass is 35.5. The van der Waals surface area contributed by atoms with Crippen molar-refractivity contribution in [3.8, 4) is 0 Å². The minimum Gasteiger partial charge on any atom is -0.300 e. The zero-order valence-electron chi connectivity index (χ0n) is 6.91. The molecule has 2 heteroatoms. The summed E-state index contributed by atoms with van der Waals surface area (Å²) in [6, 6.07) is 0. The summed E-state index contributed by atoms with van der Waals surface area (Å²) in [6.45, 7) is 5.73. The van der Waals surface area contributed by atoms with E-state index in [0.717, 1.165) is 6.42 Å². The lowest BCUT2D eigenvalue weighted by Crippen LogP contribution is -2.16. The zero-order chi connectivity index (χ0) is 8.20. The molecule has 0 rings (SSSR count). The van der Waals surface area contributed by atoms with Gasteiger partial charge in [-0.15, -0.1) is 11.6 Å². The van der Waals surface area contributed by atoms with Crippen molar-refractivity contribution in [1.29, 1.82) is 0 Å². The van der Waals surface area contributed by atoms with E-state index in [4.69, 9.17) is 11.6 Å². The van der Waals surface area contributed by atoms with E-state index < -0.39 is 0 Å². The second-order valence-corrected chi connectivity index (χ2v) is 4.21. The number of ketones is 1. The Kier molecular flexibility index (Phi) is 3.95. The molecule has 0 spiro atoms. The largest absolute Gasteiger partial charge is 0.300 e. The van der Waals surface area contributed by atoms with E-state index in [-0.39, 0.29) is 10.7 Å². The Bertz CT molecular complexity index is 113. The minimum absolute atomic E-state index is 0.266. The van der Waals surface area contributed by atoms with Gasteiger partial charge in [-0.1, -0.05) is 6.92 Å². The lowest BCUT2D eigenvalue weighted by atomic mass is 10.0. The summed E-state index contributed by atoms with van der Waals surface area (Å²) in [6.07, 6.45) is 2.07. The molecule has 0 fully saturated rings. The van der Waals surface area contributed by atoms with Gasteiger partial charge in [0.1, 0.15) is 5.78 Å². The molecule has 0 saturated heterocycles. The van der Waals surface area contributed by atoms with Gasteiger partial charge in [0, 0.05) is 17.7 Å². The predicted octanol–water partition coefficient (Wildman–Crippen LogP) is 2.76. The van der Waals surface area contributed by atoms with Crippen LogP contribution in [-0.2, 0) is 4.79 Å². The third-order valence-electron chi connectivity index (χ3n) is 1.15. The minimum atomic E-state index is -0.355. The SMILES string of the molecule is CCCC(=O)CC(C)(C)Cl.